The van der Waals surface area contributed by atoms with Crippen LogP contribution in [0.3, 0.4) is 0 Å². The fourth-order valence-electron chi connectivity index (χ4n) is 3.59. The summed E-state index contributed by atoms with van der Waals surface area (Å²) in [7, 11) is 0. The van der Waals surface area contributed by atoms with Gasteiger partial charge in [-0.25, -0.2) is 4.68 Å². The summed E-state index contributed by atoms with van der Waals surface area (Å²) in [5, 5.41) is 10.8. The first-order chi connectivity index (χ1) is 14.0. The van der Waals surface area contributed by atoms with Crippen molar-refractivity contribution in [3.63, 3.8) is 0 Å². The molecular weight excluding hydrogens is 360 g/mol. The first-order valence-corrected chi connectivity index (χ1v) is 9.99. The van der Waals surface area contributed by atoms with Crippen LogP contribution in [0.25, 0.3) is 16.9 Å². The van der Waals surface area contributed by atoms with Gasteiger partial charge in [0.25, 0.3) is 0 Å². The average molecular weight is 386 g/mol. The summed E-state index contributed by atoms with van der Waals surface area (Å²) in [5.74, 6) is 0.847. The number of para-hydroxylation sites is 1. The first kappa shape index (κ1) is 19.0. The molecule has 4 rings (SSSR count). The number of hydrogen-bond acceptors (Lipinski definition) is 3. The lowest BCUT2D eigenvalue weighted by molar-refractivity contribution is -0.119. The Labute approximate surface area is 171 Å². The number of nitrogens with one attached hydrogen (secondary N) is 2. The fraction of sp³-hybridized carbons (Fsp3) is 0.250. The predicted molar refractivity (Wildman–Crippen MR) is 117 cm³/mol. The van der Waals surface area contributed by atoms with Gasteiger partial charge in [-0.3, -0.25) is 4.79 Å². The Balaban J connectivity index is 1.71. The highest BCUT2D eigenvalue weighted by Gasteiger charge is 2.25. The summed E-state index contributed by atoms with van der Waals surface area (Å²) < 4.78 is 1.89. The highest BCUT2D eigenvalue weighted by atomic mass is 16.2. The lowest BCUT2D eigenvalue weighted by Gasteiger charge is -2.10. The van der Waals surface area contributed by atoms with E-state index in [0.29, 0.717) is 24.7 Å². The Hall–Kier alpha value is -3.34. The number of hydrogen-bond donors (Lipinski definition) is 2. The van der Waals surface area contributed by atoms with Crippen LogP contribution in [0.15, 0.2) is 72.9 Å². The molecule has 5 nitrogen and oxygen atoms in total. The SMILES string of the molecule is C=C1CC(C(=O)Nc2cc(-c3cccc(C(C)C)c3)n(-c3ccccc3)n2)CN1. The molecule has 2 heterocycles. The molecule has 2 N–H and O–H groups in total. The van der Waals surface area contributed by atoms with Crippen LogP contribution in [0, 0.1) is 5.92 Å². The zero-order valence-corrected chi connectivity index (χ0v) is 16.9. The van der Waals surface area contributed by atoms with Gasteiger partial charge in [-0.2, -0.15) is 0 Å². The third-order valence-corrected chi connectivity index (χ3v) is 5.27. The molecule has 1 aromatic heterocycles. The normalized spacial score (nSPS) is 16.1. The number of rotatable bonds is 5. The quantitative estimate of drug-likeness (QED) is 0.667. The van der Waals surface area contributed by atoms with E-state index in [9.17, 15) is 4.79 Å². The van der Waals surface area contributed by atoms with Crippen LogP contribution < -0.4 is 10.6 Å². The Morgan fingerprint density at radius 1 is 1.17 bits per heavy atom. The lowest BCUT2D eigenvalue weighted by Crippen LogP contribution is -2.24. The monoisotopic (exact) mass is 386 g/mol. The minimum Gasteiger partial charge on any atom is -0.388 e. The van der Waals surface area contributed by atoms with Gasteiger partial charge in [0.15, 0.2) is 5.82 Å². The number of carbonyl (C=O) groups is 1. The summed E-state index contributed by atoms with van der Waals surface area (Å²) in [4.78, 5) is 12.7. The van der Waals surface area contributed by atoms with Crippen LogP contribution >= 0.6 is 0 Å². The van der Waals surface area contributed by atoms with Gasteiger partial charge < -0.3 is 10.6 Å². The molecule has 29 heavy (non-hydrogen) atoms. The molecule has 1 amide bonds. The molecule has 1 atom stereocenters. The van der Waals surface area contributed by atoms with E-state index < -0.39 is 0 Å². The van der Waals surface area contributed by atoms with Gasteiger partial charge in [0.1, 0.15) is 0 Å². The van der Waals surface area contributed by atoms with Gasteiger partial charge in [-0.05, 0) is 36.1 Å². The lowest BCUT2D eigenvalue weighted by atomic mass is 9.99. The second-order valence-corrected chi connectivity index (χ2v) is 7.82. The number of benzene rings is 2. The molecule has 3 aromatic rings. The van der Waals surface area contributed by atoms with E-state index in [1.165, 1.54) is 5.56 Å². The van der Waals surface area contributed by atoms with Crippen LogP contribution in [-0.2, 0) is 4.79 Å². The van der Waals surface area contributed by atoms with Crippen molar-refractivity contribution in [1.82, 2.24) is 15.1 Å². The number of nitrogens with zero attached hydrogens (tertiary/aromatic N) is 2. The van der Waals surface area contributed by atoms with Crippen molar-refractivity contribution >= 4 is 11.7 Å². The molecule has 1 unspecified atom stereocenters. The summed E-state index contributed by atoms with van der Waals surface area (Å²) in [5.41, 5.74) is 5.15. The minimum atomic E-state index is -0.114. The van der Waals surface area contributed by atoms with E-state index in [2.05, 4.69) is 55.3 Å². The van der Waals surface area contributed by atoms with Crippen LogP contribution in [0.5, 0.6) is 0 Å². The van der Waals surface area contributed by atoms with E-state index in [1.807, 2.05) is 41.1 Å². The molecule has 0 bridgehead atoms. The molecule has 148 valence electrons. The summed E-state index contributed by atoms with van der Waals surface area (Å²) in [6.45, 7) is 8.89. The maximum Gasteiger partial charge on any atom is 0.230 e. The van der Waals surface area contributed by atoms with E-state index in [0.717, 1.165) is 22.6 Å². The van der Waals surface area contributed by atoms with Crippen LogP contribution in [0.2, 0.25) is 0 Å². The zero-order valence-electron chi connectivity index (χ0n) is 16.9. The topological polar surface area (TPSA) is 59.0 Å². The largest absolute Gasteiger partial charge is 0.388 e. The van der Waals surface area contributed by atoms with Crippen molar-refractivity contribution in [2.45, 2.75) is 26.2 Å². The second-order valence-electron chi connectivity index (χ2n) is 7.82. The fourth-order valence-corrected chi connectivity index (χ4v) is 3.59. The molecule has 0 radical (unpaired) electrons. The van der Waals surface area contributed by atoms with Crippen LogP contribution in [0.4, 0.5) is 5.82 Å². The van der Waals surface area contributed by atoms with Crippen LogP contribution in [0.1, 0.15) is 31.7 Å². The molecule has 1 fully saturated rings. The molecule has 5 heteroatoms. The van der Waals surface area contributed by atoms with E-state index in [4.69, 9.17) is 5.10 Å². The molecule has 1 saturated heterocycles. The smallest absolute Gasteiger partial charge is 0.230 e. The number of aromatic nitrogens is 2. The Morgan fingerprint density at radius 3 is 2.66 bits per heavy atom. The van der Waals surface area contributed by atoms with E-state index in [1.54, 1.807) is 0 Å². The maximum absolute atomic E-state index is 12.7. The van der Waals surface area contributed by atoms with Crippen molar-refractivity contribution in [1.29, 1.82) is 0 Å². The van der Waals surface area contributed by atoms with Crippen molar-refractivity contribution in [3.05, 3.63) is 78.5 Å². The third kappa shape index (κ3) is 4.09. The number of anilines is 1. The standard InChI is InChI=1S/C24H26N4O/c1-16(2)18-8-7-9-19(13-18)22-14-23(26-24(29)20-12-17(3)25-15-20)27-28(22)21-10-5-4-6-11-21/h4-11,13-14,16,20,25H,3,12,15H2,1-2H3,(H,26,27,29). The molecule has 1 aliphatic rings. The molecule has 1 aliphatic heterocycles. The minimum absolute atomic E-state index is 0.0312. The van der Waals surface area contributed by atoms with Gasteiger partial charge >= 0.3 is 0 Å². The van der Waals surface area contributed by atoms with Gasteiger partial charge in [0, 0.05) is 23.9 Å². The summed E-state index contributed by atoms with van der Waals surface area (Å²) in [6, 6.07) is 20.4. The van der Waals surface area contributed by atoms with Gasteiger partial charge in [-0.15, -0.1) is 5.10 Å². The highest BCUT2D eigenvalue weighted by Crippen LogP contribution is 2.29. The maximum atomic E-state index is 12.7. The van der Waals surface area contributed by atoms with E-state index >= 15 is 0 Å². The van der Waals surface area contributed by atoms with Crippen molar-refractivity contribution in [2.24, 2.45) is 5.92 Å². The number of carbonyl (C=O) groups excluding carboxylic acids is 1. The third-order valence-electron chi connectivity index (χ3n) is 5.27. The summed E-state index contributed by atoms with van der Waals surface area (Å²) >= 11 is 0. The van der Waals surface area contributed by atoms with Gasteiger partial charge in [0.05, 0.1) is 17.3 Å². The zero-order chi connectivity index (χ0) is 20.4. The molecule has 0 spiro atoms. The van der Waals surface area contributed by atoms with Crippen LogP contribution in [-0.4, -0.2) is 22.2 Å². The Bertz CT molecular complexity index is 1040. The van der Waals surface area contributed by atoms with Gasteiger partial charge in [0.2, 0.25) is 5.91 Å². The second kappa shape index (κ2) is 7.95. The predicted octanol–water partition coefficient (Wildman–Crippen LogP) is 4.72. The van der Waals surface area contributed by atoms with Crippen molar-refractivity contribution in [3.8, 4) is 16.9 Å². The van der Waals surface area contributed by atoms with Crippen molar-refractivity contribution < 1.29 is 4.79 Å². The average Bonchev–Trinajstić information content (AvgIpc) is 3.35. The first-order valence-electron chi connectivity index (χ1n) is 9.99. The molecular formula is C24H26N4O. The molecule has 2 aromatic carbocycles. The van der Waals surface area contributed by atoms with E-state index in [-0.39, 0.29) is 11.8 Å². The summed E-state index contributed by atoms with van der Waals surface area (Å²) in [6.07, 6.45) is 0.661. The number of allylic oxidation sites excluding steroid dienone is 1. The van der Waals surface area contributed by atoms with Crippen molar-refractivity contribution in [2.75, 3.05) is 11.9 Å². The molecule has 0 aliphatic carbocycles. The highest BCUT2D eigenvalue weighted by molar-refractivity contribution is 5.93. The Kier molecular flexibility index (Phi) is 5.21. The Morgan fingerprint density at radius 2 is 1.97 bits per heavy atom. The number of amides is 1. The molecule has 0 saturated carbocycles. The van der Waals surface area contributed by atoms with Gasteiger partial charge in [-0.1, -0.05) is 56.8 Å².